The Morgan fingerprint density at radius 2 is 2.33 bits per heavy atom. The summed E-state index contributed by atoms with van der Waals surface area (Å²) in [5, 5.41) is 6.05. The van der Waals surface area contributed by atoms with Gasteiger partial charge < -0.3 is 0 Å². The molecule has 1 atom stereocenters. The zero-order valence-corrected chi connectivity index (χ0v) is 10.2. The number of H-pyrrole nitrogens is 1. The van der Waals surface area contributed by atoms with E-state index in [-0.39, 0.29) is 10.3 Å². The second-order valence-electron chi connectivity index (χ2n) is 3.33. The number of alkyl halides is 1. The summed E-state index contributed by atoms with van der Waals surface area (Å²) in [5.41, 5.74) is 0. The first-order valence-electron chi connectivity index (χ1n) is 4.54. The first-order valence-corrected chi connectivity index (χ1v) is 6.41. The monoisotopic (exact) mass is 251 g/mol. The number of halogens is 1. The Morgan fingerprint density at radius 3 is 2.80 bits per heavy atom. The van der Waals surface area contributed by atoms with Crippen LogP contribution >= 0.6 is 11.6 Å². The van der Waals surface area contributed by atoms with Gasteiger partial charge in [-0.3, -0.25) is 5.10 Å². The van der Waals surface area contributed by atoms with Crippen LogP contribution in [0.5, 0.6) is 0 Å². The molecule has 1 unspecified atom stereocenters. The second kappa shape index (κ2) is 4.96. The molecule has 0 aliphatic rings. The lowest BCUT2D eigenvalue weighted by atomic mass is 10.3. The molecule has 0 saturated carbocycles. The van der Waals surface area contributed by atoms with Crippen molar-refractivity contribution in [3.05, 3.63) is 12.4 Å². The molecule has 1 N–H and O–H groups in total. The highest BCUT2D eigenvalue weighted by molar-refractivity contribution is 7.89. The molecule has 1 rings (SSSR count). The molecule has 0 amide bonds. The van der Waals surface area contributed by atoms with Crippen molar-refractivity contribution in [1.82, 2.24) is 14.5 Å². The van der Waals surface area contributed by atoms with Crippen LogP contribution in [0.2, 0.25) is 0 Å². The van der Waals surface area contributed by atoms with Gasteiger partial charge in [-0.25, -0.2) is 12.7 Å². The van der Waals surface area contributed by atoms with Gasteiger partial charge in [0.1, 0.15) is 4.90 Å². The summed E-state index contributed by atoms with van der Waals surface area (Å²) in [7, 11) is -1.88. The van der Waals surface area contributed by atoms with Crippen molar-refractivity contribution in [3.63, 3.8) is 0 Å². The van der Waals surface area contributed by atoms with Gasteiger partial charge >= 0.3 is 0 Å². The number of sulfonamides is 1. The van der Waals surface area contributed by atoms with E-state index in [2.05, 4.69) is 10.2 Å². The molecule has 0 radical (unpaired) electrons. The van der Waals surface area contributed by atoms with E-state index in [1.165, 1.54) is 23.7 Å². The third-order valence-corrected chi connectivity index (χ3v) is 4.06. The molecule has 15 heavy (non-hydrogen) atoms. The third-order valence-electron chi connectivity index (χ3n) is 2.02. The molecule has 7 heteroatoms. The lowest BCUT2D eigenvalue weighted by Gasteiger charge is -2.16. The highest BCUT2D eigenvalue weighted by Gasteiger charge is 2.21. The third kappa shape index (κ3) is 3.19. The number of hydrogen-bond acceptors (Lipinski definition) is 3. The molecule has 1 aromatic heterocycles. The Balaban J connectivity index is 2.71. The van der Waals surface area contributed by atoms with Gasteiger partial charge in [0, 0.05) is 25.2 Å². The topological polar surface area (TPSA) is 66.1 Å². The van der Waals surface area contributed by atoms with Crippen molar-refractivity contribution in [2.45, 2.75) is 23.6 Å². The minimum absolute atomic E-state index is 0.0352. The van der Waals surface area contributed by atoms with Crippen molar-refractivity contribution in [2.75, 3.05) is 13.6 Å². The minimum atomic E-state index is -3.41. The van der Waals surface area contributed by atoms with E-state index >= 15 is 0 Å². The second-order valence-corrected chi connectivity index (χ2v) is 6.12. The molecule has 1 heterocycles. The molecule has 0 fully saturated rings. The van der Waals surface area contributed by atoms with E-state index in [9.17, 15) is 8.42 Å². The van der Waals surface area contributed by atoms with Gasteiger partial charge in [0.15, 0.2) is 0 Å². The molecule has 0 aliphatic heterocycles. The average molecular weight is 252 g/mol. The van der Waals surface area contributed by atoms with Gasteiger partial charge in [0.2, 0.25) is 10.0 Å². The summed E-state index contributed by atoms with van der Waals surface area (Å²) in [6.07, 6.45) is 3.26. The molecular formula is C8H14ClN3O2S. The average Bonchev–Trinajstić information content (AvgIpc) is 2.66. The van der Waals surface area contributed by atoms with E-state index in [1.807, 2.05) is 6.92 Å². The van der Waals surface area contributed by atoms with Crippen LogP contribution in [0.3, 0.4) is 0 Å². The molecule has 0 bridgehead atoms. The summed E-state index contributed by atoms with van der Waals surface area (Å²) < 4.78 is 24.9. The van der Waals surface area contributed by atoms with Gasteiger partial charge in [0.25, 0.3) is 0 Å². The fourth-order valence-electron chi connectivity index (χ4n) is 1.04. The lowest BCUT2D eigenvalue weighted by Crippen LogP contribution is -2.28. The maximum atomic E-state index is 11.8. The van der Waals surface area contributed by atoms with E-state index in [4.69, 9.17) is 11.6 Å². The van der Waals surface area contributed by atoms with Crippen molar-refractivity contribution < 1.29 is 8.42 Å². The fourth-order valence-corrected chi connectivity index (χ4v) is 2.23. The number of nitrogens with one attached hydrogen (secondary N) is 1. The Hall–Kier alpha value is -0.590. The summed E-state index contributed by atoms with van der Waals surface area (Å²) in [6.45, 7) is 2.23. The molecule has 0 aliphatic carbocycles. The smallest absolute Gasteiger partial charge is 0.245 e. The van der Waals surface area contributed by atoms with Crippen molar-refractivity contribution in [1.29, 1.82) is 0 Å². The van der Waals surface area contributed by atoms with Crippen LogP contribution in [0.1, 0.15) is 13.3 Å². The Morgan fingerprint density at radius 1 is 1.67 bits per heavy atom. The minimum Gasteiger partial charge on any atom is -0.284 e. The summed E-state index contributed by atoms with van der Waals surface area (Å²) in [6, 6.07) is 0. The SMILES string of the molecule is CC(Cl)CCN(C)S(=O)(=O)c1cn[nH]c1. The molecule has 1 aromatic rings. The highest BCUT2D eigenvalue weighted by Crippen LogP contribution is 2.13. The van der Waals surface area contributed by atoms with Gasteiger partial charge in [0.05, 0.1) is 6.20 Å². The largest absolute Gasteiger partial charge is 0.284 e. The normalized spacial score (nSPS) is 14.4. The molecule has 5 nitrogen and oxygen atoms in total. The number of aromatic amines is 1. The van der Waals surface area contributed by atoms with Gasteiger partial charge in [-0.2, -0.15) is 5.10 Å². The fraction of sp³-hybridized carbons (Fsp3) is 0.625. The quantitative estimate of drug-likeness (QED) is 0.796. The molecule has 86 valence electrons. The van der Waals surface area contributed by atoms with Crippen molar-refractivity contribution in [3.8, 4) is 0 Å². The van der Waals surface area contributed by atoms with Crippen LogP contribution in [0, 0.1) is 0 Å². The van der Waals surface area contributed by atoms with Crippen LogP contribution in [0.4, 0.5) is 0 Å². The lowest BCUT2D eigenvalue weighted by molar-refractivity contribution is 0.460. The van der Waals surface area contributed by atoms with Gasteiger partial charge in [-0.1, -0.05) is 0 Å². The summed E-state index contributed by atoms with van der Waals surface area (Å²) >= 11 is 5.76. The van der Waals surface area contributed by atoms with E-state index < -0.39 is 10.0 Å². The predicted molar refractivity (Wildman–Crippen MR) is 58.3 cm³/mol. The van der Waals surface area contributed by atoms with E-state index in [1.54, 1.807) is 0 Å². The number of aromatic nitrogens is 2. The maximum Gasteiger partial charge on any atom is 0.245 e. The van der Waals surface area contributed by atoms with Crippen molar-refractivity contribution >= 4 is 21.6 Å². The Kier molecular flexibility index (Phi) is 4.12. The number of nitrogens with zero attached hydrogens (tertiary/aromatic N) is 2. The molecule has 0 aromatic carbocycles. The Labute approximate surface area is 94.5 Å². The number of rotatable bonds is 5. The van der Waals surface area contributed by atoms with Gasteiger partial charge in [-0.15, -0.1) is 11.6 Å². The number of hydrogen-bond donors (Lipinski definition) is 1. The summed E-state index contributed by atoms with van der Waals surface area (Å²) in [4.78, 5) is 0.173. The first kappa shape index (κ1) is 12.5. The van der Waals surface area contributed by atoms with E-state index in [0.717, 1.165) is 0 Å². The van der Waals surface area contributed by atoms with Gasteiger partial charge in [-0.05, 0) is 13.3 Å². The van der Waals surface area contributed by atoms with Crippen LogP contribution in [0.25, 0.3) is 0 Å². The summed E-state index contributed by atoms with van der Waals surface area (Å²) in [5.74, 6) is 0. The van der Waals surface area contributed by atoms with Crippen LogP contribution < -0.4 is 0 Å². The maximum absolute atomic E-state index is 11.8. The van der Waals surface area contributed by atoms with E-state index in [0.29, 0.717) is 13.0 Å². The zero-order valence-electron chi connectivity index (χ0n) is 8.64. The van der Waals surface area contributed by atoms with Crippen LogP contribution in [-0.2, 0) is 10.0 Å². The zero-order chi connectivity index (χ0) is 11.5. The standard InChI is InChI=1S/C8H14ClN3O2S/c1-7(9)3-4-12(2)15(13,14)8-5-10-11-6-8/h5-7H,3-4H2,1-2H3,(H,10,11). The van der Waals surface area contributed by atoms with Crippen LogP contribution in [0.15, 0.2) is 17.3 Å². The first-order chi connectivity index (χ1) is 6.94. The predicted octanol–water partition coefficient (Wildman–Crippen LogP) is 1.05. The molecular weight excluding hydrogens is 238 g/mol. The van der Waals surface area contributed by atoms with Crippen molar-refractivity contribution in [2.24, 2.45) is 0 Å². The Bertz CT molecular complexity index is 388. The molecule has 0 spiro atoms. The van der Waals surface area contributed by atoms with Crippen LogP contribution in [-0.4, -0.2) is 41.9 Å². The molecule has 0 saturated heterocycles. The highest BCUT2D eigenvalue weighted by atomic mass is 35.5.